The van der Waals surface area contributed by atoms with Crippen LogP contribution in [0, 0.1) is 20.8 Å². The predicted octanol–water partition coefficient (Wildman–Crippen LogP) is 6.74. The molecular weight excluding hydrogens is 408 g/mol. The molecule has 0 saturated heterocycles. The van der Waals surface area contributed by atoms with Crippen molar-refractivity contribution in [3.63, 3.8) is 0 Å². The van der Waals surface area contributed by atoms with Crippen molar-refractivity contribution in [2.45, 2.75) is 20.8 Å². The summed E-state index contributed by atoms with van der Waals surface area (Å²) in [4.78, 5) is 18.5. The molecule has 0 saturated carbocycles. The molecule has 0 fully saturated rings. The first-order valence-electron chi connectivity index (χ1n) is 10.0. The Bertz CT molecular complexity index is 1310. The summed E-state index contributed by atoms with van der Waals surface area (Å²) in [7, 11) is 1.60. The number of anilines is 1. The van der Waals surface area contributed by atoms with E-state index in [1.807, 2.05) is 69.3 Å². The third-order valence-corrected chi connectivity index (χ3v) is 5.56. The van der Waals surface area contributed by atoms with Crippen LogP contribution >= 0.6 is 11.6 Å². The molecule has 0 aliphatic rings. The van der Waals surface area contributed by atoms with Gasteiger partial charge in [-0.2, -0.15) is 0 Å². The smallest absolute Gasteiger partial charge is 0.256 e. The van der Waals surface area contributed by atoms with Crippen molar-refractivity contribution in [3.05, 3.63) is 87.9 Å². The minimum absolute atomic E-state index is 0.188. The third-order valence-electron chi connectivity index (χ3n) is 5.32. The minimum Gasteiger partial charge on any atom is -0.497 e. The number of nitrogens with one attached hydrogen (secondary N) is 1. The standard InChI is InChI=1S/C26H23ClN2O2/c1-15-11-16(2)24-22(12-15)23(26(30)28-20-9-6-10-21(14-20)31-4)17(3)25(29-24)18-7-5-8-19(27)13-18/h5-14H,1-4H3,(H,28,30). The average Bonchev–Trinajstić information content (AvgIpc) is 2.73. The zero-order valence-corrected chi connectivity index (χ0v) is 18.7. The second-order valence-corrected chi connectivity index (χ2v) is 8.07. The van der Waals surface area contributed by atoms with Gasteiger partial charge in [-0.15, -0.1) is 0 Å². The number of rotatable bonds is 4. The van der Waals surface area contributed by atoms with Crippen molar-refractivity contribution in [2.24, 2.45) is 0 Å². The summed E-state index contributed by atoms with van der Waals surface area (Å²) in [6, 6.07) is 19.0. The topological polar surface area (TPSA) is 51.2 Å². The van der Waals surface area contributed by atoms with Gasteiger partial charge in [-0.05, 0) is 62.2 Å². The van der Waals surface area contributed by atoms with Gasteiger partial charge in [0.1, 0.15) is 5.75 Å². The van der Waals surface area contributed by atoms with Crippen LogP contribution in [0.25, 0.3) is 22.2 Å². The van der Waals surface area contributed by atoms with Gasteiger partial charge in [0, 0.05) is 27.7 Å². The summed E-state index contributed by atoms with van der Waals surface area (Å²) < 4.78 is 5.28. The Balaban J connectivity index is 1.93. The van der Waals surface area contributed by atoms with Gasteiger partial charge in [0.15, 0.2) is 0 Å². The lowest BCUT2D eigenvalue weighted by atomic mass is 9.94. The zero-order chi connectivity index (χ0) is 22.1. The quantitative estimate of drug-likeness (QED) is 0.390. The van der Waals surface area contributed by atoms with Crippen molar-refractivity contribution in [1.29, 1.82) is 0 Å². The fourth-order valence-corrected chi connectivity index (χ4v) is 4.11. The Hall–Kier alpha value is -3.37. The Kier molecular flexibility index (Phi) is 5.66. The molecule has 0 radical (unpaired) electrons. The molecule has 0 unspecified atom stereocenters. The zero-order valence-electron chi connectivity index (χ0n) is 17.9. The van der Waals surface area contributed by atoms with Gasteiger partial charge < -0.3 is 10.1 Å². The molecule has 31 heavy (non-hydrogen) atoms. The first-order chi connectivity index (χ1) is 14.9. The molecule has 156 valence electrons. The van der Waals surface area contributed by atoms with Gasteiger partial charge in [0.2, 0.25) is 0 Å². The average molecular weight is 431 g/mol. The minimum atomic E-state index is -0.188. The fourth-order valence-electron chi connectivity index (χ4n) is 3.92. The summed E-state index contributed by atoms with van der Waals surface area (Å²) in [5.41, 5.74) is 6.62. The number of aryl methyl sites for hydroxylation is 2. The van der Waals surface area contributed by atoms with Crippen molar-refractivity contribution in [1.82, 2.24) is 4.98 Å². The van der Waals surface area contributed by atoms with E-state index in [-0.39, 0.29) is 5.91 Å². The molecule has 1 N–H and O–H groups in total. The Labute approximate surface area is 186 Å². The van der Waals surface area contributed by atoms with Gasteiger partial charge in [0.25, 0.3) is 5.91 Å². The van der Waals surface area contributed by atoms with E-state index >= 15 is 0 Å². The maximum absolute atomic E-state index is 13.5. The van der Waals surface area contributed by atoms with E-state index in [1.54, 1.807) is 13.2 Å². The monoisotopic (exact) mass is 430 g/mol. The number of carbonyl (C=O) groups excluding carboxylic acids is 1. The van der Waals surface area contributed by atoms with Crippen LogP contribution in [0.5, 0.6) is 5.75 Å². The summed E-state index contributed by atoms with van der Waals surface area (Å²) in [6.45, 7) is 5.97. The summed E-state index contributed by atoms with van der Waals surface area (Å²) >= 11 is 6.24. The SMILES string of the molecule is COc1cccc(NC(=O)c2c(C)c(-c3cccc(Cl)c3)nc3c(C)cc(C)cc23)c1. The number of hydrogen-bond acceptors (Lipinski definition) is 3. The van der Waals surface area contributed by atoms with E-state index in [4.69, 9.17) is 21.3 Å². The van der Waals surface area contributed by atoms with Crippen molar-refractivity contribution in [3.8, 4) is 17.0 Å². The second-order valence-electron chi connectivity index (χ2n) is 7.63. The highest BCUT2D eigenvalue weighted by Gasteiger charge is 2.20. The number of methoxy groups -OCH3 is 1. The molecule has 4 nitrogen and oxygen atoms in total. The van der Waals surface area contributed by atoms with E-state index in [2.05, 4.69) is 11.4 Å². The van der Waals surface area contributed by atoms with Crippen LogP contribution in [0.4, 0.5) is 5.69 Å². The molecular formula is C26H23ClN2O2. The van der Waals surface area contributed by atoms with Crippen LogP contribution in [0.2, 0.25) is 5.02 Å². The molecule has 5 heteroatoms. The van der Waals surface area contributed by atoms with Crippen molar-refractivity contribution < 1.29 is 9.53 Å². The number of benzene rings is 3. The molecule has 4 aromatic rings. The van der Waals surface area contributed by atoms with Crippen molar-refractivity contribution in [2.75, 3.05) is 12.4 Å². The molecule has 0 aliphatic heterocycles. The number of carbonyl (C=O) groups is 1. The molecule has 1 heterocycles. The largest absolute Gasteiger partial charge is 0.497 e. The van der Waals surface area contributed by atoms with Gasteiger partial charge in [-0.3, -0.25) is 4.79 Å². The van der Waals surface area contributed by atoms with Crippen LogP contribution in [0.15, 0.2) is 60.7 Å². The number of pyridine rings is 1. The maximum atomic E-state index is 13.5. The van der Waals surface area contributed by atoms with Crippen LogP contribution in [-0.4, -0.2) is 18.0 Å². The van der Waals surface area contributed by atoms with E-state index in [0.717, 1.165) is 38.9 Å². The lowest BCUT2D eigenvalue weighted by Gasteiger charge is -2.17. The highest BCUT2D eigenvalue weighted by molar-refractivity contribution is 6.30. The van der Waals surface area contributed by atoms with E-state index in [1.165, 1.54) is 0 Å². The Morgan fingerprint density at radius 3 is 2.52 bits per heavy atom. The van der Waals surface area contributed by atoms with Crippen LogP contribution in [0.1, 0.15) is 27.0 Å². The van der Waals surface area contributed by atoms with E-state index < -0.39 is 0 Å². The molecule has 4 rings (SSSR count). The first kappa shape index (κ1) is 20.9. The van der Waals surface area contributed by atoms with Gasteiger partial charge in [-0.1, -0.05) is 41.4 Å². The Morgan fingerprint density at radius 1 is 1.00 bits per heavy atom. The summed E-state index contributed by atoms with van der Waals surface area (Å²) in [5, 5.41) is 4.48. The third kappa shape index (κ3) is 4.12. The number of nitrogens with zero attached hydrogens (tertiary/aromatic N) is 1. The van der Waals surface area contributed by atoms with Gasteiger partial charge in [-0.25, -0.2) is 4.98 Å². The predicted molar refractivity (Wildman–Crippen MR) is 127 cm³/mol. The number of hydrogen-bond donors (Lipinski definition) is 1. The fraction of sp³-hybridized carbons (Fsp3) is 0.154. The lowest BCUT2D eigenvalue weighted by Crippen LogP contribution is -2.15. The Morgan fingerprint density at radius 2 is 1.77 bits per heavy atom. The highest BCUT2D eigenvalue weighted by atomic mass is 35.5. The molecule has 0 spiro atoms. The molecule has 0 aliphatic carbocycles. The molecule has 0 atom stereocenters. The maximum Gasteiger partial charge on any atom is 0.256 e. The molecule has 0 bridgehead atoms. The molecule has 1 amide bonds. The highest BCUT2D eigenvalue weighted by Crippen LogP contribution is 2.33. The number of aromatic nitrogens is 1. The molecule has 3 aromatic carbocycles. The normalized spacial score (nSPS) is 10.9. The van der Waals surface area contributed by atoms with E-state index in [0.29, 0.717) is 22.0 Å². The lowest BCUT2D eigenvalue weighted by molar-refractivity contribution is 0.102. The number of ether oxygens (including phenoxy) is 1. The number of halogens is 1. The number of amides is 1. The molecule has 1 aromatic heterocycles. The summed E-state index contributed by atoms with van der Waals surface area (Å²) in [6.07, 6.45) is 0. The van der Waals surface area contributed by atoms with Crippen LogP contribution < -0.4 is 10.1 Å². The van der Waals surface area contributed by atoms with Crippen LogP contribution in [-0.2, 0) is 0 Å². The second kappa shape index (κ2) is 8.40. The number of fused-ring (bicyclic) bond motifs is 1. The van der Waals surface area contributed by atoms with E-state index in [9.17, 15) is 4.79 Å². The van der Waals surface area contributed by atoms with Crippen molar-refractivity contribution >= 4 is 34.1 Å². The summed E-state index contributed by atoms with van der Waals surface area (Å²) in [5.74, 6) is 0.492. The first-order valence-corrected chi connectivity index (χ1v) is 10.4. The van der Waals surface area contributed by atoms with Gasteiger partial charge in [0.05, 0.1) is 23.9 Å². The van der Waals surface area contributed by atoms with Gasteiger partial charge >= 0.3 is 0 Å². The van der Waals surface area contributed by atoms with Crippen LogP contribution in [0.3, 0.4) is 0 Å².